The lowest BCUT2D eigenvalue weighted by Crippen LogP contribution is -2.53. The lowest BCUT2D eigenvalue weighted by atomic mass is 9.71. The molecule has 2 fully saturated rings. The zero-order valence-electron chi connectivity index (χ0n) is 19.5. The van der Waals surface area contributed by atoms with Gasteiger partial charge in [0.05, 0.1) is 12.5 Å². The molecule has 5 atom stereocenters. The molecule has 0 spiro atoms. The number of amides is 1. The molecule has 0 bridgehead atoms. The van der Waals surface area contributed by atoms with E-state index in [4.69, 9.17) is 4.74 Å². The summed E-state index contributed by atoms with van der Waals surface area (Å²) in [5.74, 6) is 0.608. The molecule has 3 aliphatic rings. The largest absolute Gasteiger partial charge is 0.493 e. The Kier molecular flexibility index (Phi) is 5.94. The minimum Gasteiger partial charge on any atom is -0.493 e. The standard InChI is InChI=1S/C27H34N2O4/c1-16-12-24(33-15-16)20-7-3-9-22-26(20)21(14-28-22)17(2)13-25(30)29-11-5-8-18-19(27(31)32)6-4-10-23(18)29/h3,7,9,12,14,16-19,23,28H,4-6,8,10-11,13,15H2,1-2H3,(H,31,32). The molecule has 5 rings (SSSR count). The first-order valence-electron chi connectivity index (χ1n) is 12.4. The highest BCUT2D eigenvalue weighted by Crippen LogP contribution is 2.41. The summed E-state index contributed by atoms with van der Waals surface area (Å²) >= 11 is 0. The maximum Gasteiger partial charge on any atom is 0.306 e. The summed E-state index contributed by atoms with van der Waals surface area (Å²) in [6, 6.07) is 6.28. The second kappa shape index (κ2) is 8.88. The number of nitrogens with one attached hydrogen (secondary N) is 1. The van der Waals surface area contributed by atoms with Crippen molar-refractivity contribution in [2.75, 3.05) is 13.2 Å². The number of fused-ring (bicyclic) bond motifs is 2. The molecule has 1 aromatic heterocycles. The molecule has 6 nitrogen and oxygen atoms in total. The molecule has 2 N–H and O–H groups in total. The van der Waals surface area contributed by atoms with Crippen LogP contribution >= 0.6 is 0 Å². The SMILES string of the molecule is CC1C=C(c2cccc3[nH]cc(C(C)CC(=O)N4CCCC5C(C(=O)O)CCCC54)c23)OC1. The number of hydrogen-bond donors (Lipinski definition) is 2. The van der Waals surface area contributed by atoms with Gasteiger partial charge in [-0.3, -0.25) is 9.59 Å². The number of likely N-dealkylation sites (tertiary alicyclic amines) is 1. The van der Waals surface area contributed by atoms with Crippen LogP contribution in [-0.4, -0.2) is 46.1 Å². The quantitative estimate of drug-likeness (QED) is 0.659. The van der Waals surface area contributed by atoms with Crippen molar-refractivity contribution in [2.45, 2.75) is 64.3 Å². The number of hydrogen-bond acceptors (Lipinski definition) is 3. The van der Waals surface area contributed by atoms with E-state index in [1.165, 1.54) is 0 Å². The smallest absolute Gasteiger partial charge is 0.306 e. The fourth-order valence-corrected chi connectivity index (χ4v) is 6.34. The van der Waals surface area contributed by atoms with Gasteiger partial charge in [0.25, 0.3) is 0 Å². The number of ether oxygens (including phenoxy) is 1. The van der Waals surface area contributed by atoms with Gasteiger partial charge in [0, 0.05) is 47.6 Å². The number of aromatic nitrogens is 1. The number of benzene rings is 1. The first-order valence-corrected chi connectivity index (χ1v) is 12.4. The minimum atomic E-state index is -0.698. The maximum absolute atomic E-state index is 13.5. The molecule has 1 aromatic carbocycles. The lowest BCUT2D eigenvalue weighted by Gasteiger charge is -2.46. The highest BCUT2D eigenvalue weighted by Gasteiger charge is 2.43. The van der Waals surface area contributed by atoms with Crippen LogP contribution in [0.1, 0.15) is 69.4 Å². The van der Waals surface area contributed by atoms with Crippen LogP contribution in [0.15, 0.2) is 30.5 Å². The first-order chi connectivity index (χ1) is 15.9. The molecule has 176 valence electrons. The van der Waals surface area contributed by atoms with Crippen molar-refractivity contribution in [3.63, 3.8) is 0 Å². The van der Waals surface area contributed by atoms with E-state index in [2.05, 4.69) is 37.0 Å². The monoisotopic (exact) mass is 450 g/mol. The molecule has 1 saturated heterocycles. The molecule has 2 aromatic rings. The minimum absolute atomic E-state index is 0.0473. The van der Waals surface area contributed by atoms with Crippen LogP contribution in [0.5, 0.6) is 0 Å². The van der Waals surface area contributed by atoms with E-state index in [0.717, 1.165) is 66.4 Å². The summed E-state index contributed by atoms with van der Waals surface area (Å²) in [7, 11) is 0. The number of aliphatic carboxylic acids is 1. The molecule has 3 heterocycles. The van der Waals surface area contributed by atoms with Gasteiger partial charge < -0.3 is 19.7 Å². The summed E-state index contributed by atoms with van der Waals surface area (Å²) in [6.07, 6.45) is 9.00. The second-order valence-electron chi connectivity index (χ2n) is 10.2. The number of carboxylic acid groups (broad SMARTS) is 1. The normalized spacial score (nSPS) is 28.2. The molecular weight excluding hydrogens is 416 g/mol. The highest BCUT2D eigenvalue weighted by molar-refractivity contribution is 5.94. The van der Waals surface area contributed by atoms with Crippen LogP contribution in [0.2, 0.25) is 0 Å². The number of nitrogens with zero attached hydrogens (tertiary/aromatic N) is 1. The average molecular weight is 451 g/mol. The maximum atomic E-state index is 13.5. The fraction of sp³-hybridized carbons (Fsp3) is 0.556. The Morgan fingerprint density at radius 3 is 2.85 bits per heavy atom. The van der Waals surface area contributed by atoms with Gasteiger partial charge >= 0.3 is 5.97 Å². The number of carbonyl (C=O) groups excluding carboxylic acids is 1. The van der Waals surface area contributed by atoms with E-state index in [-0.39, 0.29) is 29.7 Å². The van der Waals surface area contributed by atoms with Crippen LogP contribution in [0.4, 0.5) is 0 Å². The number of aromatic amines is 1. The number of piperidine rings is 1. The Bertz CT molecular complexity index is 1090. The van der Waals surface area contributed by atoms with Gasteiger partial charge in [-0.05, 0) is 55.2 Å². The van der Waals surface area contributed by atoms with Crippen LogP contribution in [-0.2, 0) is 14.3 Å². The van der Waals surface area contributed by atoms with Crippen LogP contribution in [0.25, 0.3) is 16.7 Å². The fourth-order valence-electron chi connectivity index (χ4n) is 6.34. The van der Waals surface area contributed by atoms with Crippen molar-refractivity contribution in [3.8, 4) is 0 Å². The van der Waals surface area contributed by atoms with E-state index in [0.29, 0.717) is 18.9 Å². The number of carboxylic acids is 1. The summed E-state index contributed by atoms with van der Waals surface area (Å²) in [5, 5.41) is 10.8. The Balaban J connectivity index is 1.38. The summed E-state index contributed by atoms with van der Waals surface area (Å²) in [5.41, 5.74) is 3.28. The van der Waals surface area contributed by atoms with E-state index >= 15 is 0 Å². The number of carbonyl (C=O) groups is 2. The number of H-pyrrole nitrogens is 1. The molecule has 33 heavy (non-hydrogen) atoms. The predicted molar refractivity (Wildman–Crippen MR) is 128 cm³/mol. The number of rotatable bonds is 5. The van der Waals surface area contributed by atoms with Crippen molar-refractivity contribution >= 4 is 28.5 Å². The predicted octanol–water partition coefficient (Wildman–Crippen LogP) is 5.16. The topological polar surface area (TPSA) is 82.6 Å². The van der Waals surface area contributed by atoms with Gasteiger partial charge in [-0.15, -0.1) is 0 Å². The Morgan fingerprint density at radius 1 is 1.24 bits per heavy atom. The highest BCUT2D eigenvalue weighted by atomic mass is 16.5. The molecular formula is C27H34N2O4. The van der Waals surface area contributed by atoms with Crippen molar-refractivity contribution < 1.29 is 19.4 Å². The van der Waals surface area contributed by atoms with Crippen molar-refractivity contribution in [3.05, 3.63) is 41.6 Å². The van der Waals surface area contributed by atoms with E-state index in [1.807, 2.05) is 17.2 Å². The molecule has 1 aliphatic carbocycles. The first kappa shape index (κ1) is 22.1. The Labute approximate surface area is 195 Å². The van der Waals surface area contributed by atoms with Gasteiger partial charge in [-0.2, -0.15) is 0 Å². The summed E-state index contributed by atoms with van der Waals surface area (Å²) in [4.78, 5) is 30.7. The van der Waals surface area contributed by atoms with Crippen molar-refractivity contribution in [1.29, 1.82) is 0 Å². The van der Waals surface area contributed by atoms with Crippen LogP contribution in [0.3, 0.4) is 0 Å². The zero-order valence-corrected chi connectivity index (χ0v) is 19.5. The summed E-state index contributed by atoms with van der Waals surface area (Å²) < 4.78 is 5.95. The molecule has 1 saturated carbocycles. The third kappa shape index (κ3) is 4.04. The summed E-state index contributed by atoms with van der Waals surface area (Å²) in [6.45, 7) is 5.72. The average Bonchev–Trinajstić information content (AvgIpc) is 3.44. The molecule has 6 heteroatoms. The molecule has 2 aliphatic heterocycles. The van der Waals surface area contributed by atoms with E-state index in [9.17, 15) is 14.7 Å². The Hall–Kier alpha value is -2.76. The van der Waals surface area contributed by atoms with Crippen molar-refractivity contribution in [1.82, 2.24) is 9.88 Å². The molecule has 0 radical (unpaired) electrons. The van der Waals surface area contributed by atoms with Crippen LogP contribution in [0, 0.1) is 17.8 Å². The molecule has 1 amide bonds. The molecule has 5 unspecified atom stereocenters. The lowest BCUT2D eigenvalue weighted by molar-refractivity contribution is -0.152. The van der Waals surface area contributed by atoms with Gasteiger partial charge in [0.2, 0.25) is 5.91 Å². The van der Waals surface area contributed by atoms with Gasteiger partial charge in [-0.25, -0.2) is 0 Å². The van der Waals surface area contributed by atoms with Gasteiger partial charge in [0.15, 0.2) is 0 Å². The third-order valence-corrected chi connectivity index (χ3v) is 7.95. The zero-order chi connectivity index (χ0) is 23.1. The van der Waals surface area contributed by atoms with Gasteiger partial charge in [-0.1, -0.05) is 32.4 Å². The van der Waals surface area contributed by atoms with Crippen LogP contribution < -0.4 is 0 Å². The second-order valence-corrected chi connectivity index (χ2v) is 10.2. The van der Waals surface area contributed by atoms with Gasteiger partial charge in [0.1, 0.15) is 5.76 Å². The third-order valence-electron chi connectivity index (χ3n) is 7.95. The van der Waals surface area contributed by atoms with E-state index in [1.54, 1.807) is 0 Å². The van der Waals surface area contributed by atoms with Crippen molar-refractivity contribution in [2.24, 2.45) is 17.8 Å². The Morgan fingerprint density at radius 2 is 2.09 bits per heavy atom. The van der Waals surface area contributed by atoms with E-state index < -0.39 is 5.97 Å².